The molecule has 0 saturated heterocycles. The Labute approximate surface area is 85.6 Å². The summed E-state index contributed by atoms with van der Waals surface area (Å²) in [7, 11) is 0. The van der Waals surface area contributed by atoms with Crippen LogP contribution in [0.25, 0.3) is 0 Å². The van der Waals surface area contributed by atoms with Gasteiger partial charge in [0, 0.05) is 11.1 Å². The van der Waals surface area contributed by atoms with Crippen LogP contribution in [-0.2, 0) is 0 Å². The van der Waals surface area contributed by atoms with Gasteiger partial charge in [-0.15, -0.1) is 0 Å². The number of aromatic hydroxyl groups is 1. The maximum Gasteiger partial charge on any atom is 0.160 e. The van der Waals surface area contributed by atoms with Crippen LogP contribution in [0.4, 0.5) is 0 Å². The van der Waals surface area contributed by atoms with E-state index in [1.807, 2.05) is 19.9 Å². The summed E-state index contributed by atoms with van der Waals surface area (Å²) in [4.78, 5) is 11.2. The Balaban J connectivity index is 0.00000169. The van der Waals surface area contributed by atoms with E-state index in [0.717, 1.165) is 11.1 Å². The first-order chi connectivity index (χ1) is 5.95. The van der Waals surface area contributed by atoms with Crippen molar-refractivity contribution in [2.45, 2.75) is 35.1 Å². The number of hydrogen-bond acceptors (Lipinski definition) is 2. The van der Waals surface area contributed by atoms with Crippen LogP contribution in [0.1, 0.15) is 41.4 Å². The van der Waals surface area contributed by atoms with E-state index in [0.29, 0.717) is 11.1 Å². The van der Waals surface area contributed by atoms with Crippen molar-refractivity contribution in [3.05, 3.63) is 28.3 Å². The molecular formula is C12H18O2. The highest BCUT2D eigenvalue weighted by Crippen LogP contribution is 2.27. The fourth-order valence-corrected chi connectivity index (χ4v) is 1.72. The van der Waals surface area contributed by atoms with Gasteiger partial charge in [-0.2, -0.15) is 0 Å². The number of phenolic OH excluding ortho intramolecular Hbond substituents is 1. The van der Waals surface area contributed by atoms with Gasteiger partial charge in [0.25, 0.3) is 0 Å². The average Bonchev–Trinajstić information content (AvgIpc) is 1.99. The summed E-state index contributed by atoms with van der Waals surface area (Å²) in [5.41, 5.74) is 3.08. The number of ketones is 1. The number of aryl methyl sites for hydroxylation is 2. The molecule has 0 unspecified atom stereocenters. The van der Waals surface area contributed by atoms with Crippen molar-refractivity contribution in [1.29, 1.82) is 0 Å². The minimum Gasteiger partial charge on any atom is -0.507 e. The molecule has 0 amide bonds. The molecule has 0 aliphatic carbocycles. The van der Waals surface area contributed by atoms with Crippen LogP contribution in [0.15, 0.2) is 6.07 Å². The first kappa shape index (κ1) is 12.7. The van der Waals surface area contributed by atoms with E-state index in [-0.39, 0.29) is 19.0 Å². The maximum absolute atomic E-state index is 11.2. The zero-order chi connectivity index (χ0) is 10.2. The molecule has 0 bridgehead atoms. The molecular weight excluding hydrogens is 176 g/mol. The molecule has 0 radical (unpaired) electrons. The first-order valence-electron chi connectivity index (χ1n) is 4.26. The normalized spacial score (nSPS) is 9.43. The third kappa shape index (κ3) is 1.95. The molecule has 0 spiro atoms. The number of hydrogen-bond donors (Lipinski definition) is 1. The van der Waals surface area contributed by atoms with Gasteiger partial charge in [0.15, 0.2) is 5.78 Å². The van der Waals surface area contributed by atoms with Crippen molar-refractivity contribution in [1.82, 2.24) is 0 Å². The largest absolute Gasteiger partial charge is 0.507 e. The summed E-state index contributed by atoms with van der Waals surface area (Å²) in [6.45, 7) is 7.01. The SMILES string of the molecule is C.CC(=O)c1c(C)cc(C)c(O)c1C. The number of carbonyl (C=O) groups excluding carboxylic acids is 1. The van der Waals surface area contributed by atoms with Gasteiger partial charge in [0.2, 0.25) is 0 Å². The fraction of sp³-hybridized carbons (Fsp3) is 0.417. The van der Waals surface area contributed by atoms with Gasteiger partial charge >= 0.3 is 0 Å². The molecule has 14 heavy (non-hydrogen) atoms. The average molecular weight is 194 g/mol. The molecule has 0 atom stereocenters. The van der Waals surface area contributed by atoms with Gasteiger partial charge in [-0.25, -0.2) is 0 Å². The lowest BCUT2D eigenvalue weighted by molar-refractivity contribution is 0.101. The van der Waals surface area contributed by atoms with Gasteiger partial charge in [0.1, 0.15) is 5.75 Å². The Morgan fingerprint density at radius 3 is 2.14 bits per heavy atom. The van der Waals surface area contributed by atoms with Crippen LogP contribution < -0.4 is 0 Å². The lowest BCUT2D eigenvalue weighted by Crippen LogP contribution is -2.01. The molecule has 0 aliphatic heterocycles. The van der Waals surface area contributed by atoms with E-state index < -0.39 is 0 Å². The predicted molar refractivity (Wildman–Crippen MR) is 59.1 cm³/mol. The van der Waals surface area contributed by atoms with Gasteiger partial charge in [-0.1, -0.05) is 13.5 Å². The van der Waals surface area contributed by atoms with Crippen LogP contribution in [0.2, 0.25) is 0 Å². The molecule has 0 saturated carbocycles. The van der Waals surface area contributed by atoms with Crippen LogP contribution >= 0.6 is 0 Å². The molecule has 78 valence electrons. The summed E-state index contributed by atoms with van der Waals surface area (Å²) < 4.78 is 0. The van der Waals surface area contributed by atoms with Crippen LogP contribution in [0.3, 0.4) is 0 Å². The van der Waals surface area contributed by atoms with E-state index in [1.165, 1.54) is 6.92 Å². The fourth-order valence-electron chi connectivity index (χ4n) is 1.72. The summed E-state index contributed by atoms with van der Waals surface area (Å²) in [5.74, 6) is 0.237. The highest BCUT2D eigenvalue weighted by molar-refractivity contribution is 5.97. The second kappa shape index (κ2) is 4.27. The Bertz CT molecular complexity index is 365. The number of benzene rings is 1. The molecule has 0 aliphatic rings. The summed E-state index contributed by atoms with van der Waals surface area (Å²) in [6, 6.07) is 1.83. The zero-order valence-corrected chi connectivity index (χ0v) is 8.43. The van der Waals surface area contributed by atoms with Crippen molar-refractivity contribution >= 4 is 5.78 Å². The zero-order valence-electron chi connectivity index (χ0n) is 8.43. The summed E-state index contributed by atoms with van der Waals surface area (Å²) >= 11 is 0. The molecule has 1 N–H and O–H groups in total. The van der Waals surface area contributed by atoms with Gasteiger partial charge in [0.05, 0.1) is 0 Å². The Hall–Kier alpha value is -1.31. The van der Waals surface area contributed by atoms with E-state index >= 15 is 0 Å². The van der Waals surface area contributed by atoms with Crippen molar-refractivity contribution in [2.24, 2.45) is 0 Å². The Morgan fingerprint density at radius 2 is 1.71 bits per heavy atom. The minimum absolute atomic E-state index is 0. The summed E-state index contributed by atoms with van der Waals surface area (Å²) in [5, 5.41) is 9.61. The quantitative estimate of drug-likeness (QED) is 0.697. The number of rotatable bonds is 1. The summed E-state index contributed by atoms with van der Waals surface area (Å²) in [6.07, 6.45) is 0. The lowest BCUT2D eigenvalue weighted by Gasteiger charge is -2.10. The predicted octanol–water partition coefficient (Wildman–Crippen LogP) is 3.16. The number of phenols is 1. The van der Waals surface area contributed by atoms with E-state index in [1.54, 1.807) is 6.92 Å². The van der Waals surface area contributed by atoms with Gasteiger partial charge < -0.3 is 5.11 Å². The maximum atomic E-state index is 11.2. The molecule has 0 aromatic heterocycles. The molecule has 1 aromatic carbocycles. The van der Waals surface area contributed by atoms with Crippen molar-refractivity contribution in [3.63, 3.8) is 0 Å². The smallest absolute Gasteiger partial charge is 0.160 e. The Kier molecular flexibility index (Phi) is 3.87. The van der Waals surface area contributed by atoms with E-state index in [9.17, 15) is 9.90 Å². The van der Waals surface area contributed by atoms with Gasteiger partial charge in [-0.05, 0) is 38.8 Å². The van der Waals surface area contributed by atoms with Crippen LogP contribution in [0.5, 0.6) is 5.75 Å². The van der Waals surface area contributed by atoms with E-state index in [2.05, 4.69) is 0 Å². The molecule has 1 rings (SSSR count). The highest BCUT2D eigenvalue weighted by Gasteiger charge is 2.12. The first-order valence-corrected chi connectivity index (χ1v) is 4.26. The minimum atomic E-state index is 0. The van der Waals surface area contributed by atoms with Crippen LogP contribution in [0, 0.1) is 20.8 Å². The molecule has 2 nitrogen and oxygen atoms in total. The number of Topliss-reactive ketones (excluding diaryl/α,β-unsaturated/α-hetero) is 1. The third-order valence-electron chi connectivity index (χ3n) is 2.28. The molecule has 2 heteroatoms. The topological polar surface area (TPSA) is 37.3 Å². The second-order valence-corrected chi connectivity index (χ2v) is 3.42. The van der Waals surface area contributed by atoms with Crippen molar-refractivity contribution in [2.75, 3.05) is 0 Å². The van der Waals surface area contributed by atoms with Crippen molar-refractivity contribution < 1.29 is 9.90 Å². The molecule has 0 fully saturated rings. The van der Waals surface area contributed by atoms with E-state index in [4.69, 9.17) is 0 Å². The monoisotopic (exact) mass is 194 g/mol. The van der Waals surface area contributed by atoms with Crippen molar-refractivity contribution in [3.8, 4) is 5.75 Å². The second-order valence-electron chi connectivity index (χ2n) is 3.42. The number of carbonyl (C=O) groups is 1. The van der Waals surface area contributed by atoms with Gasteiger partial charge in [-0.3, -0.25) is 4.79 Å². The molecule has 1 aromatic rings. The Morgan fingerprint density at radius 1 is 1.21 bits per heavy atom. The standard InChI is InChI=1S/C11H14O2.CH4/c1-6-5-7(2)11(13)8(3)10(6)9(4)12;/h5,13H,1-4H3;1H4. The van der Waals surface area contributed by atoms with Crippen LogP contribution in [-0.4, -0.2) is 10.9 Å². The third-order valence-corrected chi connectivity index (χ3v) is 2.28. The lowest BCUT2D eigenvalue weighted by atomic mass is 9.96. The molecule has 0 heterocycles. The highest BCUT2D eigenvalue weighted by atomic mass is 16.3.